The van der Waals surface area contributed by atoms with E-state index >= 15 is 0 Å². The number of rotatable bonds is 15. The molecule has 0 aliphatic carbocycles. The summed E-state index contributed by atoms with van der Waals surface area (Å²) in [5, 5.41) is 15.1. The standard InChI is InChI=1S/C22H33N6.C4H5.Mn/c1-4-7-10-19-13-16-26(23-19)22(27-17-14-20(24-27)11-8-5-2)28-18-15-21(25-28)12-9-6-3;1-3-4-2;/h13-18H,4-12H2,1-3H3;1,3-4H,2H2;. The Kier molecular flexibility index (Phi) is 9.76. The van der Waals surface area contributed by atoms with Gasteiger partial charge < -0.3 is 0 Å². The first-order valence-electron chi connectivity index (χ1n) is 12.2. The fraction of sp³-hybridized carbons (Fsp3) is 0.500. The number of aromatic nitrogens is 6. The Bertz CT molecular complexity index is 899. The SMILES string of the molecule is C=CC=[CH][Mn][C](n1ccc(CCCC)n1)(n1ccc(CCCC)n1)n1ccc(CCCC)n1. The van der Waals surface area contributed by atoms with Crippen molar-refractivity contribution in [1.82, 2.24) is 29.3 Å². The Hall–Kier alpha value is -2.37. The van der Waals surface area contributed by atoms with Gasteiger partial charge in [0, 0.05) is 0 Å². The summed E-state index contributed by atoms with van der Waals surface area (Å²) in [4.78, 5) is 2.16. The summed E-state index contributed by atoms with van der Waals surface area (Å²) in [7, 11) is 0. The van der Waals surface area contributed by atoms with E-state index in [4.69, 9.17) is 15.3 Å². The van der Waals surface area contributed by atoms with Crippen LogP contribution in [0.15, 0.2) is 60.5 Å². The van der Waals surface area contributed by atoms with Gasteiger partial charge in [-0.15, -0.1) is 0 Å². The molecule has 33 heavy (non-hydrogen) atoms. The molecule has 179 valence electrons. The van der Waals surface area contributed by atoms with Crippen LogP contribution in [0.3, 0.4) is 0 Å². The van der Waals surface area contributed by atoms with Crippen molar-refractivity contribution in [3.8, 4) is 0 Å². The predicted molar refractivity (Wildman–Crippen MR) is 131 cm³/mol. The van der Waals surface area contributed by atoms with Gasteiger partial charge in [0.1, 0.15) is 0 Å². The van der Waals surface area contributed by atoms with Crippen LogP contribution in [0.2, 0.25) is 0 Å². The summed E-state index contributed by atoms with van der Waals surface area (Å²) in [6.45, 7) is 10.5. The van der Waals surface area contributed by atoms with Crippen molar-refractivity contribution in [2.24, 2.45) is 0 Å². The summed E-state index contributed by atoms with van der Waals surface area (Å²) in [5.41, 5.74) is 3.32. The van der Waals surface area contributed by atoms with Crippen molar-refractivity contribution in [3.05, 3.63) is 77.6 Å². The number of nitrogens with zero attached hydrogens (tertiary/aromatic N) is 6. The zero-order valence-electron chi connectivity index (χ0n) is 20.3. The molecule has 0 N–H and O–H groups in total. The quantitative estimate of drug-likeness (QED) is 0.202. The van der Waals surface area contributed by atoms with Gasteiger partial charge in [0.15, 0.2) is 0 Å². The molecule has 0 aliphatic heterocycles. The van der Waals surface area contributed by atoms with Crippen LogP contribution in [0.4, 0.5) is 0 Å². The first-order valence-corrected chi connectivity index (χ1v) is 13.5. The Labute approximate surface area is 204 Å². The van der Waals surface area contributed by atoms with Gasteiger partial charge >= 0.3 is 205 Å². The second-order valence-electron chi connectivity index (χ2n) is 8.28. The van der Waals surface area contributed by atoms with E-state index in [-0.39, 0.29) is 15.0 Å². The molecule has 0 spiro atoms. The van der Waals surface area contributed by atoms with Crippen LogP contribution in [0.5, 0.6) is 0 Å². The molecule has 3 heterocycles. The molecule has 0 fully saturated rings. The molecule has 0 aromatic carbocycles. The molecule has 3 rings (SSSR count). The molecule has 0 amide bonds. The molecule has 0 radical (unpaired) electrons. The Balaban J connectivity index is 2.12. The van der Waals surface area contributed by atoms with E-state index < -0.39 is 4.69 Å². The molecule has 0 aliphatic rings. The normalized spacial score (nSPS) is 12.1. The van der Waals surface area contributed by atoms with Gasteiger partial charge in [0.25, 0.3) is 0 Å². The van der Waals surface area contributed by atoms with Crippen LogP contribution in [0.25, 0.3) is 0 Å². The molecule has 0 saturated heterocycles. The minimum atomic E-state index is -0.706. The third-order valence-electron chi connectivity index (χ3n) is 5.59. The average Bonchev–Trinajstić information content (AvgIpc) is 3.59. The van der Waals surface area contributed by atoms with E-state index in [1.807, 2.05) is 12.2 Å². The van der Waals surface area contributed by atoms with Gasteiger partial charge in [-0.2, -0.15) is 0 Å². The molecular formula is C26H38MnN6. The second kappa shape index (κ2) is 12.8. The fourth-order valence-corrected chi connectivity index (χ4v) is 5.12. The molecule has 3 aromatic heterocycles. The Morgan fingerprint density at radius 3 is 1.48 bits per heavy atom. The molecular weight excluding hydrogens is 451 g/mol. The first-order chi connectivity index (χ1) is 16.2. The summed E-state index contributed by atoms with van der Waals surface area (Å²) < 4.78 is 5.46. The summed E-state index contributed by atoms with van der Waals surface area (Å²) >= 11 is 0.289. The molecule has 0 atom stereocenters. The Morgan fingerprint density at radius 2 is 1.15 bits per heavy atom. The first kappa shape index (κ1) is 25.3. The number of aryl methyl sites for hydroxylation is 3. The minimum absolute atomic E-state index is 0.289. The van der Waals surface area contributed by atoms with E-state index in [2.05, 4.69) is 83.2 Å². The number of hydrogen-bond donors (Lipinski definition) is 0. The maximum atomic E-state index is 5.04. The maximum absolute atomic E-state index is 5.04. The summed E-state index contributed by atoms with van der Waals surface area (Å²) in [6, 6.07) is 6.40. The van der Waals surface area contributed by atoms with Crippen LogP contribution in [0, 0.1) is 0 Å². The van der Waals surface area contributed by atoms with Crippen LogP contribution >= 0.6 is 0 Å². The average molecular weight is 490 g/mol. The van der Waals surface area contributed by atoms with Crippen LogP contribution in [-0.2, 0) is 38.9 Å². The summed E-state index contributed by atoms with van der Waals surface area (Å²) in [6.07, 6.45) is 19.9. The molecule has 0 bridgehead atoms. The zero-order valence-corrected chi connectivity index (χ0v) is 21.5. The van der Waals surface area contributed by atoms with Gasteiger partial charge in [-0.1, -0.05) is 0 Å². The van der Waals surface area contributed by atoms with Crippen LogP contribution in [-0.4, -0.2) is 29.3 Å². The van der Waals surface area contributed by atoms with Gasteiger partial charge in [-0.25, -0.2) is 0 Å². The zero-order chi connectivity index (χ0) is 23.5. The third kappa shape index (κ3) is 6.15. The number of hydrogen-bond acceptors (Lipinski definition) is 3. The van der Waals surface area contributed by atoms with Gasteiger partial charge in [0.05, 0.1) is 0 Å². The van der Waals surface area contributed by atoms with Crippen molar-refractivity contribution in [3.63, 3.8) is 0 Å². The molecule has 3 aromatic rings. The van der Waals surface area contributed by atoms with Crippen molar-refractivity contribution < 1.29 is 15.0 Å². The van der Waals surface area contributed by atoms with Gasteiger partial charge in [-0.3, -0.25) is 0 Å². The topological polar surface area (TPSA) is 53.5 Å². The Morgan fingerprint density at radius 1 is 0.758 bits per heavy atom. The van der Waals surface area contributed by atoms with Crippen molar-refractivity contribution in [2.45, 2.75) is 83.2 Å². The molecule has 6 nitrogen and oxygen atoms in total. The summed E-state index contributed by atoms with van der Waals surface area (Å²) in [5.74, 6) is 0. The van der Waals surface area contributed by atoms with E-state index in [0.717, 1.165) is 74.9 Å². The fourth-order valence-electron chi connectivity index (χ4n) is 3.67. The van der Waals surface area contributed by atoms with Crippen LogP contribution in [0.1, 0.15) is 76.4 Å². The van der Waals surface area contributed by atoms with Crippen molar-refractivity contribution in [2.75, 3.05) is 0 Å². The predicted octanol–water partition coefficient (Wildman–Crippen LogP) is 5.75. The number of allylic oxidation sites excluding steroid dienone is 2. The number of unbranched alkanes of at least 4 members (excludes halogenated alkanes) is 3. The van der Waals surface area contributed by atoms with Gasteiger partial charge in [-0.05, 0) is 0 Å². The van der Waals surface area contributed by atoms with Crippen molar-refractivity contribution >= 4 is 0 Å². The van der Waals surface area contributed by atoms with E-state index in [1.165, 1.54) is 0 Å². The second-order valence-corrected chi connectivity index (χ2v) is 9.81. The molecule has 0 unspecified atom stereocenters. The van der Waals surface area contributed by atoms with Crippen LogP contribution < -0.4 is 0 Å². The van der Waals surface area contributed by atoms with E-state index in [1.54, 1.807) is 0 Å². The molecule has 0 saturated carbocycles. The van der Waals surface area contributed by atoms with E-state index in [0.29, 0.717) is 0 Å². The van der Waals surface area contributed by atoms with Gasteiger partial charge in [0.2, 0.25) is 0 Å². The third-order valence-corrected chi connectivity index (χ3v) is 7.28. The van der Waals surface area contributed by atoms with E-state index in [9.17, 15) is 0 Å². The monoisotopic (exact) mass is 489 g/mol. The molecule has 7 heteroatoms. The van der Waals surface area contributed by atoms with Crippen molar-refractivity contribution in [1.29, 1.82) is 0 Å².